The van der Waals surface area contributed by atoms with Crippen LogP contribution in [0.25, 0.3) is 0 Å². The maximum Gasteiger partial charge on any atom is 0.251 e. The Labute approximate surface area is 107 Å². The fourth-order valence-corrected chi connectivity index (χ4v) is 1.54. The van der Waals surface area contributed by atoms with E-state index in [0.29, 0.717) is 11.3 Å². The van der Waals surface area contributed by atoms with E-state index in [0.717, 1.165) is 6.26 Å². The third-order valence-corrected chi connectivity index (χ3v) is 4.98. The fraction of sp³-hybridized carbons (Fsp3) is 0.417. The number of hydrogen-bond acceptors (Lipinski definition) is 4. The van der Waals surface area contributed by atoms with Crippen LogP contribution < -0.4 is 11.1 Å². The number of hydrogen-bond donors (Lipinski definition) is 2. The van der Waals surface area contributed by atoms with Crippen LogP contribution in [0.4, 0.5) is 5.69 Å². The number of amides is 1. The van der Waals surface area contributed by atoms with Gasteiger partial charge in [0, 0.05) is 24.1 Å². The number of anilines is 1. The van der Waals surface area contributed by atoms with E-state index >= 15 is 0 Å². The smallest absolute Gasteiger partial charge is 0.251 e. The lowest BCUT2D eigenvalue weighted by molar-refractivity contribution is 0.0950. The summed E-state index contributed by atoms with van der Waals surface area (Å²) in [6.45, 7) is 3.20. The van der Waals surface area contributed by atoms with Crippen molar-refractivity contribution in [1.82, 2.24) is 5.32 Å². The summed E-state index contributed by atoms with van der Waals surface area (Å²) >= 11 is 0. The minimum Gasteiger partial charge on any atom is -0.399 e. The molecule has 3 N–H and O–H groups in total. The summed E-state index contributed by atoms with van der Waals surface area (Å²) in [6, 6.07) is 6.52. The largest absolute Gasteiger partial charge is 0.399 e. The van der Waals surface area contributed by atoms with E-state index in [1.54, 1.807) is 38.1 Å². The van der Waals surface area contributed by atoms with Gasteiger partial charge in [-0.25, -0.2) is 8.42 Å². The molecular weight excluding hydrogens is 252 g/mol. The summed E-state index contributed by atoms with van der Waals surface area (Å²) in [6.07, 6.45) is 1.15. The second-order valence-corrected chi connectivity index (χ2v) is 7.49. The molecule has 1 rings (SSSR count). The first-order valence-corrected chi connectivity index (χ1v) is 7.36. The van der Waals surface area contributed by atoms with Gasteiger partial charge in [0.15, 0.2) is 9.84 Å². The number of sulfone groups is 1. The van der Waals surface area contributed by atoms with Crippen molar-refractivity contribution in [3.8, 4) is 0 Å². The Morgan fingerprint density at radius 2 is 2.00 bits per heavy atom. The summed E-state index contributed by atoms with van der Waals surface area (Å²) in [4.78, 5) is 11.8. The highest BCUT2D eigenvalue weighted by Gasteiger charge is 2.30. The molecule has 18 heavy (non-hydrogen) atoms. The number of nitrogens with one attached hydrogen (secondary N) is 1. The van der Waals surface area contributed by atoms with Gasteiger partial charge in [0.2, 0.25) is 0 Å². The molecule has 1 amide bonds. The Kier molecular flexibility index (Phi) is 4.01. The highest BCUT2D eigenvalue weighted by molar-refractivity contribution is 7.92. The van der Waals surface area contributed by atoms with Crippen LogP contribution in [-0.2, 0) is 9.84 Å². The molecule has 0 aliphatic rings. The predicted octanol–water partition coefficient (Wildman–Crippen LogP) is 0.822. The summed E-state index contributed by atoms with van der Waals surface area (Å²) in [5.74, 6) is -0.334. The number of nitrogen functional groups attached to an aromatic ring is 1. The van der Waals surface area contributed by atoms with Gasteiger partial charge < -0.3 is 11.1 Å². The van der Waals surface area contributed by atoms with Crippen molar-refractivity contribution in [2.45, 2.75) is 18.6 Å². The normalized spacial score (nSPS) is 12.2. The van der Waals surface area contributed by atoms with Crippen molar-refractivity contribution < 1.29 is 13.2 Å². The van der Waals surface area contributed by atoms with Crippen LogP contribution in [0.2, 0.25) is 0 Å². The summed E-state index contributed by atoms with van der Waals surface area (Å²) < 4.78 is 22.0. The molecule has 0 saturated heterocycles. The van der Waals surface area contributed by atoms with Crippen LogP contribution in [0.1, 0.15) is 24.2 Å². The molecule has 6 heteroatoms. The lowest BCUT2D eigenvalue weighted by Crippen LogP contribution is -2.43. The van der Waals surface area contributed by atoms with Gasteiger partial charge in [0.25, 0.3) is 5.91 Å². The lowest BCUT2D eigenvalue weighted by atomic mass is 10.1. The minimum absolute atomic E-state index is 0.0550. The Balaban J connectivity index is 2.74. The monoisotopic (exact) mass is 270 g/mol. The van der Waals surface area contributed by atoms with E-state index in [-0.39, 0.29) is 12.5 Å². The molecule has 0 aliphatic heterocycles. The third-order valence-electron chi connectivity index (χ3n) is 2.83. The van der Waals surface area contributed by atoms with Gasteiger partial charge in [-0.15, -0.1) is 0 Å². The lowest BCUT2D eigenvalue weighted by Gasteiger charge is -2.22. The molecule has 1 aromatic rings. The van der Waals surface area contributed by atoms with Crippen LogP contribution in [-0.4, -0.2) is 31.9 Å². The molecule has 1 aromatic carbocycles. The van der Waals surface area contributed by atoms with Crippen LogP contribution >= 0.6 is 0 Å². The van der Waals surface area contributed by atoms with E-state index in [9.17, 15) is 13.2 Å². The first-order valence-electron chi connectivity index (χ1n) is 5.47. The Hall–Kier alpha value is -1.56. The quantitative estimate of drug-likeness (QED) is 0.793. The Bertz CT molecular complexity index is 550. The van der Waals surface area contributed by atoms with Crippen molar-refractivity contribution >= 4 is 21.4 Å². The van der Waals surface area contributed by atoms with Crippen LogP contribution in [0, 0.1) is 0 Å². The molecule has 0 aliphatic carbocycles. The Morgan fingerprint density at radius 1 is 1.39 bits per heavy atom. The first kappa shape index (κ1) is 14.5. The van der Waals surface area contributed by atoms with Crippen molar-refractivity contribution in [1.29, 1.82) is 0 Å². The number of nitrogens with two attached hydrogens (primary N) is 1. The number of rotatable bonds is 4. The van der Waals surface area contributed by atoms with E-state index in [1.807, 2.05) is 0 Å². The maximum absolute atomic E-state index is 11.8. The molecular formula is C12H18N2O3S. The van der Waals surface area contributed by atoms with Crippen molar-refractivity contribution in [2.75, 3.05) is 18.5 Å². The molecule has 0 unspecified atom stereocenters. The van der Waals surface area contributed by atoms with Gasteiger partial charge in [-0.1, -0.05) is 6.07 Å². The third kappa shape index (κ3) is 3.46. The minimum atomic E-state index is -3.23. The Morgan fingerprint density at radius 3 is 2.50 bits per heavy atom. The standard InChI is InChI=1S/C12H18N2O3S/c1-12(2,18(3,16)17)8-14-11(15)9-5-4-6-10(13)7-9/h4-7H,8,13H2,1-3H3,(H,14,15). The maximum atomic E-state index is 11.8. The van der Waals surface area contributed by atoms with Crippen LogP contribution in [0.5, 0.6) is 0 Å². The number of benzene rings is 1. The molecule has 0 saturated carbocycles. The second-order valence-electron chi connectivity index (χ2n) is 4.84. The highest BCUT2D eigenvalue weighted by Crippen LogP contribution is 2.14. The van der Waals surface area contributed by atoms with Crippen molar-refractivity contribution in [3.63, 3.8) is 0 Å². The zero-order chi connectivity index (χ0) is 14.0. The van der Waals surface area contributed by atoms with E-state index < -0.39 is 14.6 Å². The highest BCUT2D eigenvalue weighted by atomic mass is 32.2. The van der Waals surface area contributed by atoms with Crippen molar-refractivity contribution in [2.24, 2.45) is 0 Å². The summed E-state index contributed by atoms with van der Waals surface area (Å²) in [5, 5.41) is 2.60. The van der Waals surface area contributed by atoms with Gasteiger partial charge in [0.05, 0.1) is 4.75 Å². The van der Waals surface area contributed by atoms with E-state index in [1.165, 1.54) is 0 Å². The van der Waals surface area contributed by atoms with Gasteiger partial charge in [-0.2, -0.15) is 0 Å². The second kappa shape index (κ2) is 4.97. The van der Waals surface area contributed by atoms with E-state index in [2.05, 4.69) is 5.32 Å². The molecule has 0 atom stereocenters. The molecule has 0 fully saturated rings. The van der Waals surface area contributed by atoms with Gasteiger partial charge in [0.1, 0.15) is 0 Å². The van der Waals surface area contributed by atoms with Crippen molar-refractivity contribution in [3.05, 3.63) is 29.8 Å². The molecule has 100 valence electrons. The molecule has 0 spiro atoms. The first-order chi connectivity index (χ1) is 8.13. The molecule has 0 heterocycles. The predicted molar refractivity (Wildman–Crippen MR) is 72.1 cm³/mol. The number of carbonyl (C=O) groups excluding carboxylic acids is 1. The van der Waals surface area contributed by atoms with Gasteiger partial charge in [-0.05, 0) is 32.0 Å². The van der Waals surface area contributed by atoms with Crippen LogP contribution in [0.3, 0.4) is 0 Å². The molecule has 0 radical (unpaired) electrons. The summed E-state index contributed by atoms with van der Waals surface area (Å²) in [5.41, 5.74) is 6.48. The zero-order valence-electron chi connectivity index (χ0n) is 10.7. The average molecular weight is 270 g/mol. The average Bonchev–Trinajstić information content (AvgIpc) is 2.24. The van der Waals surface area contributed by atoms with Gasteiger partial charge in [-0.3, -0.25) is 4.79 Å². The molecule has 0 aromatic heterocycles. The number of carbonyl (C=O) groups is 1. The molecule has 5 nitrogen and oxygen atoms in total. The molecule has 0 bridgehead atoms. The zero-order valence-corrected chi connectivity index (χ0v) is 11.5. The van der Waals surface area contributed by atoms with Crippen LogP contribution in [0.15, 0.2) is 24.3 Å². The summed E-state index contributed by atoms with van der Waals surface area (Å²) in [7, 11) is -3.23. The van der Waals surface area contributed by atoms with E-state index in [4.69, 9.17) is 5.73 Å². The topological polar surface area (TPSA) is 89.3 Å². The SMILES string of the molecule is CC(C)(CNC(=O)c1cccc(N)c1)S(C)(=O)=O. The van der Waals surface area contributed by atoms with Gasteiger partial charge >= 0.3 is 0 Å². The fourth-order valence-electron chi connectivity index (χ4n) is 1.21.